The van der Waals surface area contributed by atoms with Crippen molar-refractivity contribution in [3.8, 4) is 11.4 Å². The van der Waals surface area contributed by atoms with E-state index in [2.05, 4.69) is 21.4 Å². The van der Waals surface area contributed by atoms with E-state index >= 15 is 0 Å². The lowest BCUT2D eigenvalue weighted by atomic mass is 10.2. The van der Waals surface area contributed by atoms with E-state index in [0.29, 0.717) is 28.7 Å². The Hall–Kier alpha value is -1.70. The number of sulfonamides is 1. The SMILES string of the molecule is C=C(C)CS(=O)(=O)NCCc1nc(-c2cccc(Cl)c2)no1. The predicted molar refractivity (Wildman–Crippen MR) is 85.1 cm³/mol. The van der Waals surface area contributed by atoms with Crippen molar-refractivity contribution in [3.05, 3.63) is 47.3 Å². The van der Waals surface area contributed by atoms with Gasteiger partial charge >= 0.3 is 0 Å². The minimum atomic E-state index is -3.36. The molecule has 0 bridgehead atoms. The van der Waals surface area contributed by atoms with Gasteiger partial charge < -0.3 is 4.52 Å². The van der Waals surface area contributed by atoms with Crippen LogP contribution in [-0.2, 0) is 16.4 Å². The molecule has 0 aliphatic rings. The quantitative estimate of drug-likeness (QED) is 0.782. The molecule has 1 aromatic carbocycles. The van der Waals surface area contributed by atoms with Crippen LogP contribution in [0.15, 0.2) is 40.9 Å². The smallest absolute Gasteiger partial charge is 0.228 e. The number of hydrogen-bond donors (Lipinski definition) is 1. The van der Waals surface area contributed by atoms with E-state index < -0.39 is 10.0 Å². The molecule has 0 radical (unpaired) electrons. The van der Waals surface area contributed by atoms with Crippen molar-refractivity contribution in [2.75, 3.05) is 12.3 Å². The molecular formula is C14H16ClN3O3S. The summed E-state index contributed by atoms with van der Waals surface area (Å²) in [7, 11) is -3.36. The summed E-state index contributed by atoms with van der Waals surface area (Å²) in [5, 5.41) is 4.43. The first-order valence-electron chi connectivity index (χ1n) is 6.56. The topological polar surface area (TPSA) is 85.1 Å². The number of hydrogen-bond acceptors (Lipinski definition) is 5. The van der Waals surface area contributed by atoms with Gasteiger partial charge in [0, 0.05) is 23.6 Å². The molecule has 6 nitrogen and oxygen atoms in total. The van der Waals surface area contributed by atoms with Crippen LogP contribution in [0.25, 0.3) is 11.4 Å². The molecule has 0 aliphatic heterocycles. The summed E-state index contributed by atoms with van der Waals surface area (Å²) in [6, 6.07) is 7.09. The summed E-state index contributed by atoms with van der Waals surface area (Å²) in [5.74, 6) is 0.681. The van der Waals surface area contributed by atoms with Crippen molar-refractivity contribution in [2.45, 2.75) is 13.3 Å². The average Bonchev–Trinajstić information content (AvgIpc) is 2.85. The third-order valence-corrected chi connectivity index (χ3v) is 4.40. The first-order chi connectivity index (χ1) is 10.4. The van der Waals surface area contributed by atoms with E-state index in [4.69, 9.17) is 16.1 Å². The van der Waals surface area contributed by atoms with Gasteiger partial charge in [0.2, 0.25) is 21.7 Å². The van der Waals surface area contributed by atoms with Gasteiger partial charge in [0.15, 0.2) is 0 Å². The van der Waals surface area contributed by atoms with Crippen LogP contribution in [0.3, 0.4) is 0 Å². The van der Waals surface area contributed by atoms with Crippen molar-refractivity contribution in [1.29, 1.82) is 0 Å². The molecule has 2 rings (SSSR count). The van der Waals surface area contributed by atoms with E-state index in [1.165, 1.54) is 0 Å². The molecule has 8 heteroatoms. The van der Waals surface area contributed by atoms with Crippen LogP contribution in [0, 0.1) is 0 Å². The van der Waals surface area contributed by atoms with Crippen LogP contribution in [0.4, 0.5) is 0 Å². The molecular weight excluding hydrogens is 326 g/mol. The van der Waals surface area contributed by atoms with Gasteiger partial charge in [-0.3, -0.25) is 0 Å². The zero-order valence-electron chi connectivity index (χ0n) is 12.0. The zero-order valence-corrected chi connectivity index (χ0v) is 13.6. The highest BCUT2D eigenvalue weighted by atomic mass is 35.5. The Morgan fingerprint density at radius 3 is 2.91 bits per heavy atom. The van der Waals surface area contributed by atoms with Crippen molar-refractivity contribution in [2.24, 2.45) is 0 Å². The number of benzene rings is 1. The summed E-state index contributed by atoms with van der Waals surface area (Å²) in [6.45, 7) is 5.43. The highest BCUT2D eigenvalue weighted by Crippen LogP contribution is 2.19. The molecule has 0 atom stereocenters. The van der Waals surface area contributed by atoms with E-state index in [1.54, 1.807) is 25.1 Å². The number of aromatic nitrogens is 2. The Labute approximate surface area is 134 Å². The molecule has 0 saturated heterocycles. The van der Waals surface area contributed by atoms with Crippen molar-refractivity contribution in [1.82, 2.24) is 14.9 Å². The highest BCUT2D eigenvalue weighted by Gasteiger charge is 2.12. The van der Waals surface area contributed by atoms with Crippen LogP contribution in [-0.4, -0.2) is 30.9 Å². The summed E-state index contributed by atoms with van der Waals surface area (Å²) < 4.78 is 30.8. The first kappa shape index (κ1) is 16.7. The fraction of sp³-hybridized carbons (Fsp3) is 0.286. The number of halogens is 1. The number of nitrogens with zero attached hydrogens (tertiary/aromatic N) is 2. The van der Waals surface area contributed by atoms with Gasteiger partial charge in [0.1, 0.15) is 0 Å². The van der Waals surface area contributed by atoms with Crippen LogP contribution < -0.4 is 4.72 Å². The third-order valence-electron chi connectivity index (χ3n) is 2.65. The van der Waals surface area contributed by atoms with E-state index in [-0.39, 0.29) is 12.3 Å². The Morgan fingerprint density at radius 2 is 2.23 bits per heavy atom. The molecule has 0 amide bonds. The van der Waals surface area contributed by atoms with Gasteiger partial charge in [-0.25, -0.2) is 13.1 Å². The Kier molecular flexibility index (Phi) is 5.33. The lowest BCUT2D eigenvalue weighted by Gasteiger charge is -2.04. The Morgan fingerprint density at radius 1 is 1.45 bits per heavy atom. The first-order valence-corrected chi connectivity index (χ1v) is 8.59. The number of nitrogens with one attached hydrogen (secondary N) is 1. The summed E-state index contributed by atoms with van der Waals surface area (Å²) in [5.41, 5.74) is 1.32. The fourth-order valence-electron chi connectivity index (χ4n) is 1.79. The molecule has 2 aromatic rings. The van der Waals surface area contributed by atoms with Gasteiger partial charge in [0.05, 0.1) is 5.75 Å². The van der Waals surface area contributed by atoms with Crippen molar-refractivity contribution < 1.29 is 12.9 Å². The second-order valence-corrected chi connectivity index (χ2v) is 7.13. The molecule has 1 aromatic heterocycles. The Bertz CT molecular complexity index is 771. The third kappa shape index (κ3) is 4.94. The minimum absolute atomic E-state index is 0.0927. The average molecular weight is 342 g/mol. The van der Waals surface area contributed by atoms with E-state index in [1.807, 2.05) is 6.07 Å². The summed E-state index contributed by atoms with van der Waals surface area (Å²) >= 11 is 5.91. The van der Waals surface area contributed by atoms with Crippen LogP contribution >= 0.6 is 11.6 Å². The predicted octanol–water partition coefficient (Wildman–Crippen LogP) is 2.43. The standard InChI is InChI=1S/C14H16ClN3O3S/c1-10(2)9-22(19,20)16-7-6-13-17-14(18-21-13)11-4-3-5-12(15)8-11/h3-5,8,16H,1,6-7,9H2,2H3. The van der Waals surface area contributed by atoms with Gasteiger partial charge in [-0.05, 0) is 19.1 Å². The maximum Gasteiger partial charge on any atom is 0.228 e. The number of rotatable bonds is 7. The Balaban J connectivity index is 1.94. The highest BCUT2D eigenvalue weighted by molar-refractivity contribution is 7.89. The zero-order chi connectivity index (χ0) is 16.2. The summed E-state index contributed by atoms with van der Waals surface area (Å²) in [4.78, 5) is 4.21. The molecule has 118 valence electrons. The fourth-order valence-corrected chi connectivity index (χ4v) is 3.14. The van der Waals surface area contributed by atoms with Crippen molar-refractivity contribution in [3.63, 3.8) is 0 Å². The maximum atomic E-state index is 11.6. The minimum Gasteiger partial charge on any atom is -0.339 e. The van der Waals surface area contributed by atoms with Gasteiger partial charge in [-0.15, -0.1) is 0 Å². The molecule has 0 aliphatic carbocycles. The second-order valence-electron chi connectivity index (χ2n) is 4.88. The van der Waals surface area contributed by atoms with Crippen molar-refractivity contribution >= 4 is 21.6 Å². The van der Waals surface area contributed by atoms with Gasteiger partial charge in [-0.2, -0.15) is 4.98 Å². The van der Waals surface area contributed by atoms with E-state index in [0.717, 1.165) is 5.56 Å². The normalized spacial score (nSPS) is 11.5. The van der Waals surface area contributed by atoms with Crippen LogP contribution in [0.5, 0.6) is 0 Å². The monoisotopic (exact) mass is 341 g/mol. The van der Waals surface area contributed by atoms with Crippen LogP contribution in [0.1, 0.15) is 12.8 Å². The molecule has 0 unspecified atom stereocenters. The largest absolute Gasteiger partial charge is 0.339 e. The lowest BCUT2D eigenvalue weighted by Crippen LogP contribution is -2.28. The molecule has 22 heavy (non-hydrogen) atoms. The molecule has 1 heterocycles. The molecule has 0 spiro atoms. The van der Waals surface area contributed by atoms with Gasteiger partial charge in [0.25, 0.3) is 0 Å². The molecule has 0 fully saturated rings. The summed E-state index contributed by atoms with van der Waals surface area (Å²) in [6.07, 6.45) is 0.309. The molecule has 1 N–H and O–H groups in total. The molecule has 0 saturated carbocycles. The maximum absolute atomic E-state index is 11.6. The van der Waals surface area contributed by atoms with Gasteiger partial charge in [-0.1, -0.05) is 41.0 Å². The van der Waals surface area contributed by atoms with Crippen LogP contribution in [0.2, 0.25) is 5.02 Å². The second kappa shape index (κ2) is 7.04. The lowest BCUT2D eigenvalue weighted by molar-refractivity contribution is 0.379. The van der Waals surface area contributed by atoms with E-state index in [9.17, 15) is 8.42 Å².